The fourth-order valence-electron chi connectivity index (χ4n) is 2.93. The Morgan fingerprint density at radius 3 is 2.43 bits per heavy atom. The van der Waals surface area contributed by atoms with E-state index in [2.05, 4.69) is 5.32 Å². The topological polar surface area (TPSA) is 113 Å². The summed E-state index contributed by atoms with van der Waals surface area (Å²) in [5.41, 5.74) is 1.06. The van der Waals surface area contributed by atoms with Gasteiger partial charge in [0.2, 0.25) is 0 Å². The van der Waals surface area contributed by atoms with E-state index >= 15 is 0 Å². The number of halogens is 1. The van der Waals surface area contributed by atoms with Crippen LogP contribution in [0.1, 0.15) is 11.1 Å². The van der Waals surface area contributed by atoms with Crippen molar-refractivity contribution in [3.05, 3.63) is 68.2 Å². The number of carbonyl (C=O) groups excluding carboxylic acids is 3. The Morgan fingerprint density at radius 1 is 1.13 bits per heavy atom. The first kappa shape index (κ1) is 21.0. The van der Waals surface area contributed by atoms with Gasteiger partial charge in [-0.05, 0) is 42.3 Å². The van der Waals surface area contributed by atoms with Gasteiger partial charge in [0.1, 0.15) is 11.3 Å². The Kier molecular flexibility index (Phi) is 5.57. The van der Waals surface area contributed by atoms with Crippen LogP contribution in [0.4, 0.5) is 21.9 Å². The predicted molar refractivity (Wildman–Crippen MR) is 113 cm³/mol. The highest BCUT2D eigenvalue weighted by molar-refractivity contribution is 6.39. The van der Waals surface area contributed by atoms with E-state index in [-0.39, 0.29) is 22.5 Å². The van der Waals surface area contributed by atoms with Crippen LogP contribution < -0.4 is 15.1 Å². The van der Waals surface area contributed by atoms with Crippen LogP contribution in [0.15, 0.2) is 42.0 Å². The maximum Gasteiger partial charge on any atom is 0.335 e. The van der Waals surface area contributed by atoms with Crippen molar-refractivity contribution >= 4 is 52.6 Å². The third kappa shape index (κ3) is 3.87. The number of imide groups is 2. The van der Waals surface area contributed by atoms with Gasteiger partial charge in [-0.15, -0.1) is 0 Å². The Balaban J connectivity index is 2.05. The molecule has 0 bridgehead atoms. The van der Waals surface area contributed by atoms with E-state index in [9.17, 15) is 24.5 Å². The molecular formula is C20H17ClN4O5. The largest absolute Gasteiger partial charge is 0.372 e. The van der Waals surface area contributed by atoms with Gasteiger partial charge in [-0.1, -0.05) is 23.7 Å². The molecule has 4 amide bonds. The monoisotopic (exact) mass is 428 g/mol. The molecule has 1 saturated heterocycles. The molecule has 9 nitrogen and oxygen atoms in total. The molecule has 0 aliphatic carbocycles. The second-order valence-corrected chi connectivity index (χ2v) is 7.20. The highest BCUT2D eigenvalue weighted by Gasteiger charge is 2.37. The van der Waals surface area contributed by atoms with Crippen LogP contribution in [0.5, 0.6) is 0 Å². The molecule has 0 atom stereocenters. The fourth-order valence-corrected chi connectivity index (χ4v) is 3.11. The Hall–Kier alpha value is -3.72. The van der Waals surface area contributed by atoms with Gasteiger partial charge in [0.15, 0.2) is 0 Å². The lowest BCUT2D eigenvalue weighted by Crippen LogP contribution is -2.54. The Morgan fingerprint density at radius 2 is 1.83 bits per heavy atom. The van der Waals surface area contributed by atoms with Crippen molar-refractivity contribution < 1.29 is 19.3 Å². The molecule has 1 heterocycles. The van der Waals surface area contributed by atoms with Crippen molar-refractivity contribution in [2.24, 2.45) is 0 Å². The number of anilines is 2. The lowest BCUT2D eigenvalue weighted by Gasteiger charge is -2.26. The van der Waals surface area contributed by atoms with Crippen molar-refractivity contribution in [3.63, 3.8) is 0 Å². The Labute approximate surface area is 176 Å². The smallest absolute Gasteiger partial charge is 0.335 e. The second kappa shape index (κ2) is 7.96. The molecule has 1 aliphatic heterocycles. The number of carbonyl (C=O) groups is 3. The van der Waals surface area contributed by atoms with Gasteiger partial charge in [-0.25, -0.2) is 9.69 Å². The molecule has 1 N–H and O–H groups in total. The highest BCUT2D eigenvalue weighted by Crippen LogP contribution is 2.30. The first-order valence-corrected chi connectivity index (χ1v) is 9.11. The molecule has 10 heteroatoms. The minimum absolute atomic E-state index is 0.184. The van der Waals surface area contributed by atoms with Crippen molar-refractivity contribution in [1.82, 2.24) is 5.32 Å². The van der Waals surface area contributed by atoms with Crippen LogP contribution >= 0.6 is 11.6 Å². The van der Waals surface area contributed by atoms with Gasteiger partial charge < -0.3 is 4.90 Å². The van der Waals surface area contributed by atoms with E-state index < -0.39 is 22.8 Å². The van der Waals surface area contributed by atoms with Crippen molar-refractivity contribution in [2.75, 3.05) is 23.9 Å². The van der Waals surface area contributed by atoms with Crippen LogP contribution in [0.3, 0.4) is 0 Å². The van der Waals surface area contributed by atoms with Crippen LogP contribution in [0.25, 0.3) is 6.08 Å². The standard InChI is InChI=1S/C20H17ClN4O5/c1-11-4-6-13(10-15(11)21)24-19(27)14(18(26)22-20(24)28)8-12-5-7-16(23(2)3)17(9-12)25(29)30/h4-10H,1-3H3,(H,22,26,28)/b14-8+. The fraction of sp³-hybridized carbons (Fsp3) is 0.150. The van der Waals surface area contributed by atoms with Crippen LogP contribution in [-0.2, 0) is 9.59 Å². The number of barbiturate groups is 1. The first-order valence-electron chi connectivity index (χ1n) is 8.73. The SMILES string of the molecule is Cc1ccc(N2C(=O)NC(=O)/C(=C\c3ccc(N(C)C)c([N+](=O)[O-])c3)C2=O)cc1Cl. The van der Waals surface area contributed by atoms with Gasteiger partial charge in [0.05, 0.1) is 10.6 Å². The first-order chi connectivity index (χ1) is 14.1. The number of amides is 4. The average molecular weight is 429 g/mol. The van der Waals surface area contributed by atoms with Crippen molar-refractivity contribution in [1.29, 1.82) is 0 Å². The van der Waals surface area contributed by atoms with Gasteiger partial charge in [0, 0.05) is 25.2 Å². The van der Waals surface area contributed by atoms with E-state index in [1.54, 1.807) is 38.1 Å². The summed E-state index contributed by atoms with van der Waals surface area (Å²) in [6, 6.07) is 8.02. The highest BCUT2D eigenvalue weighted by atomic mass is 35.5. The van der Waals surface area contributed by atoms with Crippen LogP contribution in [0, 0.1) is 17.0 Å². The summed E-state index contributed by atoms with van der Waals surface area (Å²) in [4.78, 5) is 50.7. The third-order valence-electron chi connectivity index (χ3n) is 4.50. The molecule has 0 radical (unpaired) electrons. The zero-order valence-electron chi connectivity index (χ0n) is 16.3. The van der Waals surface area contributed by atoms with E-state index in [0.29, 0.717) is 10.7 Å². The Bertz CT molecular complexity index is 1130. The van der Waals surface area contributed by atoms with Crippen molar-refractivity contribution in [3.8, 4) is 0 Å². The summed E-state index contributed by atoms with van der Waals surface area (Å²) in [5.74, 6) is -1.75. The number of nitrogens with zero attached hydrogens (tertiary/aromatic N) is 3. The minimum Gasteiger partial charge on any atom is -0.372 e. The summed E-state index contributed by atoms with van der Waals surface area (Å²) >= 11 is 6.09. The number of aryl methyl sites for hydroxylation is 1. The van der Waals surface area contributed by atoms with Crippen LogP contribution in [0.2, 0.25) is 5.02 Å². The molecule has 0 unspecified atom stereocenters. The molecule has 1 aliphatic rings. The number of hydrogen-bond donors (Lipinski definition) is 1. The van der Waals surface area contributed by atoms with Gasteiger partial charge in [-0.3, -0.25) is 25.0 Å². The normalized spacial score (nSPS) is 15.4. The zero-order chi connectivity index (χ0) is 22.2. The number of hydrogen-bond acceptors (Lipinski definition) is 6. The number of nitrogens with one attached hydrogen (secondary N) is 1. The van der Waals surface area contributed by atoms with E-state index in [0.717, 1.165) is 10.5 Å². The molecule has 0 spiro atoms. The summed E-state index contributed by atoms with van der Waals surface area (Å²) in [6.45, 7) is 1.77. The molecule has 3 rings (SSSR count). The summed E-state index contributed by atoms with van der Waals surface area (Å²) in [6.07, 6.45) is 1.21. The van der Waals surface area contributed by atoms with E-state index in [1.165, 1.54) is 30.3 Å². The molecule has 2 aromatic rings. The lowest BCUT2D eigenvalue weighted by molar-refractivity contribution is -0.384. The van der Waals surface area contributed by atoms with E-state index in [1.807, 2.05) is 0 Å². The number of nitro benzene ring substituents is 1. The molecular weight excluding hydrogens is 412 g/mol. The van der Waals surface area contributed by atoms with Gasteiger partial charge in [-0.2, -0.15) is 0 Å². The number of benzene rings is 2. The summed E-state index contributed by atoms with van der Waals surface area (Å²) in [7, 11) is 3.32. The number of urea groups is 1. The molecule has 2 aromatic carbocycles. The van der Waals surface area contributed by atoms with E-state index in [4.69, 9.17) is 11.6 Å². The average Bonchev–Trinajstić information content (AvgIpc) is 2.67. The molecule has 0 saturated carbocycles. The van der Waals surface area contributed by atoms with Gasteiger partial charge in [0.25, 0.3) is 17.5 Å². The van der Waals surface area contributed by atoms with Gasteiger partial charge >= 0.3 is 6.03 Å². The third-order valence-corrected chi connectivity index (χ3v) is 4.91. The quantitative estimate of drug-likeness (QED) is 0.346. The zero-order valence-corrected chi connectivity index (χ0v) is 17.1. The molecule has 154 valence electrons. The molecule has 0 aromatic heterocycles. The maximum absolute atomic E-state index is 12.9. The minimum atomic E-state index is -0.906. The maximum atomic E-state index is 12.9. The number of nitro groups is 1. The van der Waals surface area contributed by atoms with Crippen molar-refractivity contribution in [2.45, 2.75) is 6.92 Å². The lowest BCUT2D eigenvalue weighted by atomic mass is 10.1. The second-order valence-electron chi connectivity index (χ2n) is 6.79. The number of rotatable bonds is 4. The van der Waals surface area contributed by atoms with Crippen LogP contribution in [-0.4, -0.2) is 36.9 Å². The summed E-state index contributed by atoms with van der Waals surface area (Å²) < 4.78 is 0. The summed E-state index contributed by atoms with van der Waals surface area (Å²) in [5, 5.41) is 13.8. The predicted octanol–water partition coefficient (Wildman–Crippen LogP) is 3.29. The molecule has 30 heavy (non-hydrogen) atoms. The molecule has 1 fully saturated rings.